The lowest BCUT2D eigenvalue weighted by atomic mass is 10.2. The molecule has 0 amide bonds. The van der Waals surface area contributed by atoms with Gasteiger partial charge in [0.2, 0.25) is 5.95 Å². The Labute approximate surface area is 102 Å². The Morgan fingerprint density at radius 2 is 2.44 bits per heavy atom. The Kier molecular flexibility index (Phi) is 3.46. The number of nitrogens with one attached hydrogen (secondary N) is 1. The van der Waals surface area contributed by atoms with Gasteiger partial charge in [-0.25, -0.2) is 15.1 Å². The monoisotopic (exact) mass is 251 g/mol. The molecule has 0 unspecified atom stereocenters. The van der Waals surface area contributed by atoms with Crippen molar-refractivity contribution in [2.24, 2.45) is 5.10 Å². The smallest absolute Gasteiger partial charge is 0.275 e. The van der Waals surface area contributed by atoms with Gasteiger partial charge in [-0.15, -0.1) is 0 Å². The number of aromatic nitrogens is 1. The van der Waals surface area contributed by atoms with E-state index >= 15 is 0 Å². The van der Waals surface area contributed by atoms with Crippen LogP contribution < -0.4 is 5.32 Å². The number of nitro groups is 1. The summed E-state index contributed by atoms with van der Waals surface area (Å²) in [5, 5.41) is 15.6. The van der Waals surface area contributed by atoms with Crippen LogP contribution in [0.1, 0.15) is 5.56 Å². The summed E-state index contributed by atoms with van der Waals surface area (Å²) in [6.07, 6.45) is 4.86. The summed E-state index contributed by atoms with van der Waals surface area (Å²) in [5.41, 5.74) is 0.723. The maximum Gasteiger partial charge on any atom is 0.275 e. The number of hydrogen-bond acceptors (Lipinski definition) is 3. The average molecular weight is 251 g/mol. The topological polar surface area (TPSA) is 83.7 Å². The first-order valence-corrected chi connectivity index (χ1v) is 5.16. The molecular weight excluding hydrogens is 241 g/mol. The van der Waals surface area contributed by atoms with E-state index in [1.807, 2.05) is 0 Å². The molecule has 0 fully saturated rings. The summed E-state index contributed by atoms with van der Waals surface area (Å²) < 4.78 is 12.6. The summed E-state index contributed by atoms with van der Waals surface area (Å²) in [6, 6.07) is 2.80. The summed E-state index contributed by atoms with van der Waals surface area (Å²) in [5.74, 6) is -0.419. The van der Waals surface area contributed by atoms with Crippen molar-refractivity contribution in [2.75, 3.05) is 6.54 Å². The van der Waals surface area contributed by atoms with Gasteiger partial charge in [0.05, 0.1) is 6.54 Å². The molecule has 0 bridgehead atoms. The Morgan fingerprint density at radius 3 is 3.11 bits per heavy atom. The summed E-state index contributed by atoms with van der Waals surface area (Å²) in [4.78, 5) is 15.5. The Morgan fingerprint density at radius 1 is 1.61 bits per heavy atom. The molecular formula is C10H10FN5O2. The molecule has 2 heterocycles. The minimum atomic E-state index is -0.766. The summed E-state index contributed by atoms with van der Waals surface area (Å²) in [7, 11) is 0. The number of hydrazone groups is 1. The zero-order valence-corrected chi connectivity index (χ0v) is 9.28. The van der Waals surface area contributed by atoms with Crippen molar-refractivity contribution in [1.29, 1.82) is 0 Å². The molecule has 0 saturated heterocycles. The number of guanidine groups is 1. The van der Waals surface area contributed by atoms with E-state index in [4.69, 9.17) is 0 Å². The van der Waals surface area contributed by atoms with E-state index in [2.05, 4.69) is 15.4 Å². The highest BCUT2D eigenvalue weighted by molar-refractivity contribution is 5.81. The van der Waals surface area contributed by atoms with Crippen LogP contribution in [0.2, 0.25) is 0 Å². The van der Waals surface area contributed by atoms with Crippen molar-refractivity contribution in [1.82, 2.24) is 15.2 Å². The van der Waals surface area contributed by atoms with Crippen molar-refractivity contribution in [3.05, 3.63) is 52.2 Å². The molecule has 0 spiro atoms. The van der Waals surface area contributed by atoms with E-state index in [-0.39, 0.29) is 5.96 Å². The fraction of sp³-hybridized carbons (Fsp3) is 0.200. The predicted octanol–water partition coefficient (Wildman–Crippen LogP) is 0.687. The standard InChI is InChI=1S/C10H10FN5O2/c11-9-3-2-8(6-13-9)7-15-5-1-4-12-10(15)14-16(17)18/h1-3,5-6H,4,7H2,(H,12,14). The number of nitrogens with zero attached hydrogens (tertiary/aromatic N) is 4. The van der Waals surface area contributed by atoms with Crippen LogP contribution >= 0.6 is 0 Å². The lowest BCUT2D eigenvalue weighted by Gasteiger charge is -2.23. The largest absolute Gasteiger partial charge is 0.347 e. The maximum absolute atomic E-state index is 12.6. The van der Waals surface area contributed by atoms with E-state index in [1.165, 1.54) is 12.3 Å². The lowest BCUT2D eigenvalue weighted by molar-refractivity contribution is -0.485. The molecule has 0 atom stereocenters. The van der Waals surface area contributed by atoms with E-state index < -0.39 is 11.0 Å². The minimum Gasteiger partial charge on any atom is -0.347 e. The van der Waals surface area contributed by atoms with Gasteiger partial charge in [0.15, 0.2) is 5.03 Å². The fourth-order valence-electron chi connectivity index (χ4n) is 1.50. The van der Waals surface area contributed by atoms with Crippen molar-refractivity contribution in [3.63, 3.8) is 0 Å². The first-order valence-electron chi connectivity index (χ1n) is 5.16. The highest BCUT2D eigenvalue weighted by atomic mass is 19.1. The molecule has 0 aliphatic carbocycles. The van der Waals surface area contributed by atoms with Gasteiger partial charge in [0.1, 0.15) is 5.10 Å². The number of hydrogen-bond donors (Lipinski definition) is 1. The van der Waals surface area contributed by atoms with Gasteiger partial charge >= 0.3 is 0 Å². The highest BCUT2D eigenvalue weighted by Gasteiger charge is 2.16. The maximum atomic E-state index is 12.6. The lowest BCUT2D eigenvalue weighted by Crippen LogP contribution is -2.41. The SMILES string of the molecule is O=[N+]([O-])N=C1NCC=CN1Cc1ccc(F)nc1. The van der Waals surface area contributed by atoms with Crippen LogP contribution in [0.5, 0.6) is 0 Å². The number of halogens is 1. The highest BCUT2D eigenvalue weighted by Crippen LogP contribution is 2.07. The molecule has 1 aromatic heterocycles. The molecule has 1 aliphatic heterocycles. The molecule has 2 rings (SSSR count). The second kappa shape index (κ2) is 5.21. The first-order chi connectivity index (χ1) is 8.65. The van der Waals surface area contributed by atoms with Crippen LogP contribution in [0.25, 0.3) is 0 Å². The van der Waals surface area contributed by atoms with Gasteiger partial charge < -0.3 is 10.2 Å². The second-order valence-electron chi connectivity index (χ2n) is 3.54. The van der Waals surface area contributed by atoms with Gasteiger partial charge in [-0.3, -0.25) is 0 Å². The molecule has 1 N–H and O–H groups in total. The molecule has 8 heteroatoms. The number of rotatable bonds is 3. The van der Waals surface area contributed by atoms with E-state index in [0.29, 0.717) is 13.1 Å². The summed E-state index contributed by atoms with van der Waals surface area (Å²) in [6.45, 7) is 0.800. The Balaban J connectivity index is 2.15. The van der Waals surface area contributed by atoms with Gasteiger partial charge in [0, 0.05) is 18.9 Å². The molecule has 0 saturated carbocycles. The van der Waals surface area contributed by atoms with Crippen molar-refractivity contribution < 1.29 is 9.42 Å². The average Bonchev–Trinajstić information content (AvgIpc) is 2.34. The molecule has 18 heavy (non-hydrogen) atoms. The molecule has 0 radical (unpaired) electrons. The molecule has 0 aromatic carbocycles. The minimum absolute atomic E-state index is 0.145. The first kappa shape index (κ1) is 12.0. The van der Waals surface area contributed by atoms with E-state index in [9.17, 15) is 14.5 Å². The second-order valence-corrected chi connectivity index (χ2v) is 3.54. The third-order valence-electron chi connectivity index (χ3n) is 2.25. The number of pyridine rings is 1. The Hall–Kier alpha value is -2.51. The Bertz CT molecular complexity index is 499. The van der Waals surface area contributed by atoms with Gasteiger partial charge in [0.25, 0.3) is 5.96 Å². The van der Waals surface area contributed by atoms with E-state index in [1.54, 1.807) is 23.2 Å². The molecule has 7 nitrogen and oxygen atoms in total. The van der Waals surface area contributed by atoms with Crippen LogP contribution in [-0.4, -0.2) is 27.4 Å². The third-order valence-corrected chi connectivity index (χ3v) is 2.25. The molecule has 94 valence electrons. The van der Waals surface area contributed by atoms with Gasteiger partial charge in [-0.05, 0) is 17.7 Å². The van der Waals surface area contributed by atoms with Crippen molar-refractivity contribution >= 4 is 5.96 Å². The van der Waals surface area contributed by atoms with Gasteiger partial charge in [-0.2, -0.15) is 4.39 Å². The normalized spacial score (nSPS) is 16.7. The van der Waals surface area contributed by atoms with Crippen molar-refractivity contribution in [2.45, 2.75) is 6.54 Å². The molecule has 1 aromatic rings. The third kappa shape index (κ3) is 3.00. The predicted molar refractivity (Wildman–Crippen MR) is 61.3 cm³/mol. The van der Waals surface area contributed by atoms with Crippen molar-refractivity contribution in [3.8, 4) is 0 Å². The quantitative estimate of drug-likeness (QED) is 0.485. The zero-order valence-electron chi connectivity index (χ0n) is 9.28. The fourth-order valence-corrected chi connectivity index (χ4v) is 1.50. The van der Waals surface area contributed by atoms with Crippen LogP contribution in [0, 0.1) is 16.1 Å². The molecule has 1 aliphatic rings. The summed E-state index contributed by atoms with van der Waals surface area (Å²) >= 11 is 0. The van der Waals surface area contributed by atoms with Crippen LogP contribution in [-0.2, 0) is 6.54 Å². The van der Waals surface area contributed by atoms with E-state index in [0.717, 1.165) is 5.56 Å². The van der Waals surface area contributed by atoms with Crippen LogP contribution in [0.15, 0.2) is 35.7 Å². The van der Waals surface area contributed by atoms with Crippen LogP contribution in [0.3, 0.4) is 0 Å². The van der Waals surface area contributed by atoms with Crippen LogP contribution in [0.4, 0.5) is 4.39 Å². The zero-order chi connectivity index (χ0) is 13.0. The van der Waals surface area contributed by atoms with Gasteiger partial charge in [-0.1, -0.05) is 6.07 Å².